The lowest BCUT2D eigenvalue weighted by Gasteiger charge is -2.33. The lowest BCUT2D eigenvalue weighted by molar-refractivity contribution is 0.160. The van der Waals surface area contributed by atoms with Crippen LogP contribution in [0.5, 0.6) is 0 Å². The van der Waals surface area contributed by atoms with Gasteiger partial charge in [-0.2, -0.15) is 0 Å². The second-order valence-electron chi connectivity index (χ2n) is 5.25. The van der Waals surface area contributed by atoms with Crippen molar-refractivity contribution in [1.82, 2.24) is 4.90 Å². The Morgan fingerprint density at radius 2 is 1.77 bits per heavy atom. The van der Waals surface area contributed by atoms with Gasteiger partial charge >= 0.3 is 0 Å². The topological polar surface area (TPSA) is 3.24 Å². The van der Waals surface area contributed by atoms with Crippen LogP contribution in [0, 0.1) is 11.3 Å². The lowest BCUT2D eigenvalue weighted by atomic mass is 9.77. The van der Waals surface area contributed by atoms with Crippen molar-refractivity contribution >= 4 is 0 Å². The molecule has 1 saturated heterocycles. The Morgan fingerprint density at radius 1 is 1.23 bits per heavy atom. The average molecular weight is 183 g/mol. The SMILES string of the molecule is CCC(C)(C)C(C)CN1CCCC1. The smallest absolute Gasteiger partial charge is 0.00121 e. The molecule has 0 aromatic heterocycles. The van der Waals surface area contributed by atoms with Gasteiger partial charge in [-0.3, -0.25) is 0 Å². The fraction of sp³-hybridized carbons (Fsp3) is 1.00. The van der Waals surface area contributed by atoms with Crippen molar-refractivity contribution in [3.8, 4) is 0 Å². The van der Waals surface area contributed by atoms with Crippen LogP contribution < -0.4 is 0 Å². The summed E-state index contributed by atoms with van der Waals surface area (Å²) in [5, 5.41) is 0. The van der Waals surface area contributed by atoms with Gasteiger partial charge in [0.2, 0.25) is 0 Å². The molecule has 0 aromatic carbocycles. The zero-order chi connectivity index (χ0) is 9.90. The Bertz CT molecular complexity index is 145. The third kappa shape index (κ3) is 2.98. The van der Waals surface area contributed by atoms with Crippen molar-refractivity contribution < 1.29 is 0 Å². The first kappa shape index (κ1) is 11.0. The summed E-state index contributed by atoms with van der Waals surface area (Å²) in [5.41, 5.74) is 0.516. The number of rotatable bonds is 4. The van der Waals surface area contributed by atoms with Crippen molar-refractivity contribution in [2.24, 2.45) is 11.3 Å². The second kappa shape index (κ2) is 4.45. The van der Waals surface area contributed by atoms with Crippen LogP contribution in [0.3, 0.4) is 0 Å². The molecule has 1 heteroatoms. The Kier molecular flexibility index (Phi) is 3.78. The van der Waals surface area contributed by atoms with Crippen LogP contribution in [0.25, 0.3) is 0 Å². The molecule has 1 rings (SSSR count). The van der Waals surface area contributed by atoms with E-state index in [1.54, 1.807) is 0 Å². The highest BCUT2D eigenvalue weighted by Crippen LogP contribution is 2.31. The van der Waals surface area contributed by atoms with Crippen molar-refractivity contribution in [3.05, 3.63) is 0 Å². The molecule has 1 aliphatic rings. The molecule has 1 unspecified atom stereocenters. The molecule has 0 aliphatic carbocycles. The number of likely N-dealkylation sites (tertiary alicyclic amines) is 1. The van der Waals surface area contributed by atoms with Crippen LogP contribution in [0.1, 0.15) is 47.0 Å². The first-order valence-electron chi connectivity index (χ1n) is 5.78. The van der Waals surface area contributed by atoms with E-state index in [1.165, 1.54) is 38.9 Å². The van der Waals surface area contributed by atoms with Crippen LogP contribution in [0.15, 0.2) is 0 Å². The molecule has 1 fully saturated rings. The zero-order valence-corrected chi connectivity index (χ0v) is 9.77. The van der Waals surface area contributed by atoms with Gasteiger partial charge in [-0.25, -0.2) is 0 Å². The summed E-state index contributed by atoms with van der Waals surface area (Å²) in [7, 11) is 0. The van der Waals surface area contributed by atoms with E-state index < -0.39 is 0 Å². The standard InChI is InChI=1S/C12H25N/c1-5-12(3,4)11(2)10-13-8-6-7-9-13/h11H,5-10H2,1-4H3. The van der Waals surface area contributed by atoms with Crippen molar-refractivity contribution in [3.63, 3.8) is 0 Å². The van der Waals surface area contributed by atoms with E-state index in [0.717, 1.165) is 5.92 Å². The van der Waals surface area contributed by atoms with Crippen LogP contribution in [0.2, 0.25) is 0 Å². The monoisotopic (exact) mass is 183 g/mol. The van der Waals surface area contributed by atoms with Crippen molar-refractivity contribution in [2.75, 3.05) is 19.6 Å². The molecule has 0 aromatic rings. The largest absolute Gasteiger partial charge is 0.303 e. The normalized spacial score (nSPS) is 22.2. The molecule has 0 bridgehead atoms. The molecule has 1 atom stereocenters. The third-order valence-electron chi connectivity index (χ3n) is 3.98. The Hall–Kier alpha value is -0.0400. The van der Waals surface area contributed by atoms with Gasteiger partial charge in [-0.1, -0.05) is 34.1 Å². The molecular weight excluding hydrogens is 158 g/mol. The van der Waals surface area contributed by atoms with E-state index in [4.69, 9.17) is 0 Å². The molecule has 0 N–H and O–H groups in total. The van der Waals surface area contributed by atoms with Gasteiger partial charge in [-0.15, -0.1) is 0 Å². The van der Waals surface area contributed by atoms with E-state index in [1.807, 2.05) is 0 Å². The number of hydrogen-bond donors (Lipinski definition) is 0. The Morgan fingerprint density at radius 3 is 2.23 bits per heavy atom. The van der Waals surface area contributed by atoms with Gasteiger partial charge in [0.25, 0.3) is 0 Å². The maximum atomic E-state index is 2.63. The van der Waals surface area contributed by atoms with E-state index >= 15 is 0 Å². The van der Waals surface area contributed by atoms with Gasteiger partial charge in [0.05, 0.1) is 0 Å². The molecule has 1 heterocycles. The highest BCUT2D eigenvalue weighted by Gasteiger charge is 2.26. The minimum atomic E-state index is 0.516. The quantitative estimate of drug-likeness (QED) is 0.647. The molecule has 13 heavy (non-hydrogen) atoms. The zero-order valence-electron chi connectivity index (χ0n) is 9.77. The van der Waals surface area contributed by atoms with Gasteiger partial charge in [-0.05, 0) is 37.3 Å². The predicted octanol–water partition coefficient (Wildman–Crippen LogP) is 3.15. The molecule has 0 spiro atoms. The minimum Gasteiger partial charge on any atom is -0.303 e. The lowest BCUT2D eigenvalue weighted by Crippen LogP contribution is -2.33. The Labute approximate surface area is 83.5 Å². The fourth-order valence-corrected chi connectivity index (χ4v) is 1.95. The summed E-state index contributed by atoms with van der Waals surface area (Å²) < 4.78 is 0. The van der Waals surface area contributed by atoms with E-state index in [0.29, 0.717) is 5.41 Å². The van der Waals surface area contributed by atoms with Gasteiger partial charge in [0.15, 0.2) is 0 Å². The van der Waals surface area contributed by atoms with Crippen molar-refractivity contribution in [2.45, 2.75) is 47.0 Å². The van der Waals surface area contributed by atoms with Crippen LogP contribution in [0.4, 0.5) is 0 Å². The van der Waals surface area contributed by atoms with Crippen LogP contribution >= 0.6 is 0 Å². The maximum Gasteiger partial charge on any atom is 0.00121 e. The summed E-state index contributed by atoms with van der Waals surface area (Å²) in [6.45, 7) is 13.5. The first-order valence-corrected chi connectivity index (χ1v) is 5.78. The molecule has 0 amide bonds. The van der Waals surface area contributed by atoms with Gasteiger partial charge < -0.3 is 4.90 Å². The minimum absolute atomic E-state index is 0.516. The molecule has 0 saturated carbocycles. The summed E-state index contributed by atoms with van der Waals surface area (Å²) in [5.74, 6) is 0.829. The third-order valence-corrected chi connectivity index (χ3v) is 3.98. The fourth-order valence-electron chi connectivity index (χ4n) is 1.95. The van der Waals surface area contributed by atoms with Gasteiger partial charge in [0, 0.05) is 6.54 Å². The Balaban J connectivity index is 2.34. The summed E-state index contributed by atoms with van der Waals surface area (Å²) in [4.78, 5) is 2.63. The highest BCUT2D eigenvalue weighted by atomic mass is 15.1. The number of hydrogen-bond acceptors (Lipinski definition) is 1. The molecule has 78 valence electrons. The highest BCUT2D eigenvalue weighted by molar-refractivity contribution is 4.78. The second-order valence-corrected chi connectivity index (χ2v) is 5.25. The molecule has 1 nitrogen and oxygen atoms in total. The van der Waals surface area contributed by atoms with Crippen LogP contribution in [-0.4, -0.2) is 24.5 Å². The summed E-state index contributed by atoms with van der Waals surface area (Å²) in [6.07, 6.45) is 4.13. The van der Waals surface area contributed by atoms with Crippen molar-refractivity contribution in [1.29, 1.82) is 0 Å². The van der Waals surface area contributed by atoms with E-state index in [-0.39, 0.29) is 0 Å². The van der Waals surface area contributed by atoms with Gasteiger partial charge in [0.1, 0.15) is 0 Å². The molecular formula is C12H25N. The first-order chi connectivity index (χ1) is 6.06. The molecule has 1 aliphatic heterocycles. The summed E-state index contributed by atoms with van der Waals surface area (Å²) >= 11 is 0. The maximum absolute atomic E-state index is 2.63. The molecule has 0 radical (unpaired) electrons. The summed E-state index contributed by atoms with van der Waals surface area (Å²) in [6, 6.07) is 0. The average Bonchev–Trinajstić information content (AvgIpc) is 2.57. The predicted molar refractivity (Wildman–Crippen MR) is 58.9 cm³/mol. The van der Waals surface area contributed by atoms with E-state index in [9.17, 15) is 0 Å². The van der Waals surface area contributed by atoms with Crippen LogP contribution in [-0.2, 0) is 0 Å². The van der Waals surface area contributed by atoms with E-state index in [2.05, 4.69) is 32.6 Å². The number of nitrogens with zero attached hydrogens (tertiary/aromatic N) is 1.